The first-order valence-electron chi connectivity index (χ1n) is 6.74. The number of hydrogen-bond acceptors (Lipinski definition) is 3. The van der Waals surface area contributed by atoms with Crippen LogP contribution in [0.15, 0.2) is 42.5 Å². The summed E-state index contributed by atoms with van der Waals surface area (Å²) in [5.41, 5.74) is 9.96. The molecule has 2 aromatic carbocycles. The Morgan fingerprint density at radius 3 is 2.67 bits per heavy atom. The monoisotopic (exact) mass is 300 g/mol. The highest BCUT2D eigenvalue weighted by Crippen LogP contribution is 2.26. The van der Waals surface area contributed by atoms with Crippen molar-refractivity contribution in [3.05, 3.63) is 64.7 Å². The number of aryl methyl sites for hydroxylation is 1. The average Bonchev–Trinajstić information content (AvgIpc) is 2.47. The maximum absolute atomic E-state index is 7.52. The molecule has 0 aliphatic heterocycles. The van der Waals surface area contributed by atoms with E-state index in [1.165, 1.54) is 11.1 Å². The zero-order valence-corrected chi connectivity index (χ0v) is 13.2. The summed E-state index contributed by atoms with van der Waals surface area (Å²) in [6.45, 7) is 2.10. The predicted molar refractivity (Wildman–Crippen MR) is 90.2 cm³/mol. The number of hydrogen-bond donors (Lipinski definition) is 2. The highest BCUT2D eigenvalue weighted by molar-refractivity contribution is 7.97. The zero-order valence-electron chi connectivity index (χ0n) is 12.3. The van der Waals surface area contributed by atoms with E-state index >= 15 is 0 Å². The van der Waals surface area contributed by atoms with Crippen LogP contribution in [0.5, 0.6) is 5.75 Å². The SMILES string of the molecule is COc1ccc(C(=N)N)cc1CSCc1cccc(C)c1. The maximum Gasteiger partial charge on any atom is 0.122 e. The Hall–Kier alpha value is -1.94. The fraction of sp³-hybridized carbons (Fsp3) is 0.235. The van der Waals surface area contributed by atoms with Crippen molar-refractivity contribution in [1.82, 2.24) is 0 Å². The Morgan fingerprint density at radius 1 is 1.19 bits per heavy atom. The number of ether oxygens (including phenoxy) is 1. The number of thioether (sulfide) groups is 1. The molecule has 0 unspecified atom stereocenters. The molecule has 0 saturated carbocycles. The van der Waals surface area contributed by atoms with Crippen molar-refractivity contribution in [3.63, 3.8) is 0 Å². The van der Waals surface area contributed by atoms with Crippen LogP contribution in [0.2, 0.25) is 0 Å². The van der Waals surface area contributed by atoms with Gasteiger partial charge in [-0.25, -0.2) is 0 Å². The molecule has 21 heavy (non-hydrogen) atoms. The highest BCUT2D eigenvalue weighted by Gasteiger charge is 2.06. The van der Waals surface area contributed by atoms with Crippen LogP contribution in [0.4, 0.5) is 0 Å². The third-order valence-electron chi connectivity index (χ3n) is 3.20. The second-order valence-electron chi connectivity index (χ2n) is 4.92. The van der Waals surface area contributed by atoms with E-state index < -0.39 is 0 Å². The van der Waals surface area contributed by atoms with Crippen LogP contribution in [0.3, 0.4) is 0 Å². The summed E-state index contributed by atoms with van der Waals surface area (Å²) in [6.07, 6.45) is 0. The maximum atomic E-state index is 7.52. The molecule has 0 aromatic heterocycles. The van der Waals surface area contributed by atoms with Crippen molar-refractivity contribution in [1.29, 1.82) is 5.41 Å². The molecule has 0 saturated heterocycles. The van der Waals surface area contributed by atoms with Gasteiger partial charge in [-0.05, 0) is 30.7 Å². The van der Waals surface area contributed by atoms with E-state index in [2.05, 4.69) is 31.2 Å². The molecule has 0 bridgehead atoms. The summed E-state index contributed by atoms with van der Waals surface area (Å²) in [5.74, 6) is 2.72. The Kier molecular flexibility index (Phi) is 5.28. The van der Waals surface area contributed by atoms with E-state index in [-0.39, 0.29) is 5.84 Å². The van der Waals surface area contributed by atoms with E-state index in [1.807, 2.05) is 30.0 Å². The molecule has 110 valence electrons. The van der Waals surface area contributed by atoms with Crippen LogP contribution in [0.25, 0.3) is 0 Å². The largest absolute Gasteiger partial charge is 0.496 e. The van der Waals surface area contributed by atoms with Gasteiger partial charge < -0.3 is 10.5 Å². The standard InChI is InChI=1S/C17H20N2OS/c1-12-4-3-5-13(8-12)10-21-11-15-9-14(17(18)19)6-7-16(15)20-2/h3-9H,10-11H2,1-2H3,(H3,18,19). The van der Waals surface area contributed by atoms with Crippen LogP contribution >= 0.6 is 11.8 Å². The lowest BCUT2D eigenvalue weighted by molar-refractivity contribution is 0.411. The molecule has 0 fully saturated rings. The van der Waals surface area contributed by atoms with E-state index in [1.54, 1.807) is 7.11 Å². The molecule has 4 heteroatoms. The second-order valence-corrected chi connectivity index (χ2v) is 5.91. The van der Waals surface area contributed by atoms with Crippen molar-refractivity contribution >= 4 is 17.6 Å². The minimum absolute atomic E-state index is 0.0857. The Labute approximate surface area is 130 Å². The molecule has 2 rings (SSSR count). The summed E-state index contributed by atoms with van der Waals surface area (Å²) in [6, 6.07) is 14.2. The van der Waals surface area contributed by atoms with E-state index in [4.69, 9.17) is 15.9 Å². The lowest BCUT2D eigenvalue weighted by atomic mass is 10.1. The third kappa shape index (κ3) is 4.26. The van der Waals surface area contributed by atoms with Crippen molar-refractivity contribution in [2.24, 2.45) is 5.73 Å². The van der Waals surface area contributed by atoms with Crippen LogP contribution in [-0.2, 0) is 11.5 Å². The van der Waals surface area contributed by atoms with E-state index in [0.717, 1.165) is 28.4 Å². The molecular formula is C17H20N2OS. The van der Waals surface area contributed by atoms with Gasteiger partial charge in [0.1, 0.15) is 11.6 Å². The minimum Gasteiger partial charge on any atom is -0.496 e. The van der Waals surface area contributed by atoms with Gasteiger partial charge in [0.15, 0.2) is 0 Å². The number of rotatable bonds is 6. The number of benzene rings is 2. The first-order chi connectivity index (χ1) is 10.1. The fourth-order valence-corrected chi connectivity index (χ4v) is 3.10. The summed E-state index contributed by atoms with van der Waals surface area (Å²) in [5, 5.41) is 7.52. The number of methoxy groups -OCH3 is 1. The van der Waals surface area contributed by atoms with E-state index in [9.17, 15) is 0 Å². The lowest BCUT2D eigenvalue weighted by Crippen LogP contribution is -2.11. The predicted octanol–water partition coefficient (Wildman–Crippen LogP) is 3.72. The fourth-order valence-electron chi connectivity index (χ4n) is 2.14. The van der Waals surface area contributed by atoms with Gasteiger partial charge in [0, 0.05) is 22.6 Å². The smallest absolute Gasteiger partial charge is 0.122 e. The van der Waals surface area contributed by atoms with Crippen LogP contribution in [0.1, 0.15) is 22.3 Å². The molecule has 0 aliphatic rings. The molecule has 0 amide bonds. The van der Waals surface area contributed by atoms with Gasteiger partial charge in [0.05, 0.1) is 7.11 Å². The lowest BCUT2D eigenvalue weighted by Gasteiger charge is -2.10. The molecule has 3 N–H and O–H groups in total. The third-order valence-corrected chi connectivity index (χ3v) is 4.25. The summed E-state index contributed by atoms with van der Waals surface area (Å²) in [7, 11) is 1.66. The molecule has 2 aromatic rings. The normalized spacial score (nSPS) is 10.4. The molecule has 0 heterocycles. The van der Waals surface area contributed by atoms with Crippen molar-refractivity contribution in [3.8, 4) is 5.75 Å². The van der Waals surface area contributed by atoms with Gasteiger partial charge in [0.25, 0.3) is 0 Å². The number of nitrogen functional groups attached to an aromatic ring is 1. The number of amidine groups is 1. The second kappa shape index (κ2) is 7.18. The topological polar surface area (TPSA) is 59.1 Å². The van der Waals surface area contributed by atoms with Crippen molar-refractivity contribution in [2.75, 3.05) is 7.11 Å². The van der Waals surface area contributed by atoms with Gasteiger partial charge in [0.2, 0.25) is 0 Å². The van der Waals surface area contributed by atoms with Crippen molar-refractivity contribution in [2.45, 2.75) is 18.4 Å². The van der Waals surface area contributed by atoms with Crippen LogP contribution in [-0.4, -0.2) is 12.9 Å². The van der Waals surface area contributed by atoms with Crippen molar-refractivity contribution < 1.29 is 4.74 Å². The highest BCUT2D eigenvalue weighted by atomic mass is 32.2. The van der Waals surface area contributed by atoms with Crippen LogP contribution < -0.4 is 10.5 Å². The quantitative estimate of drug-likeness (QED) is 0.631. The van der Waals surface area contributed by atoms with Gasteiger partial charge >= 0.3 is 0 Å². The minimum atomic E-state index is 0.0857. The van der Waals surface area contributed by atoms with Crippen LogP contribution in [0, 0.1) is 12.3 Å². The molecule has 0 spiro atoms. The number of nitrogens with one attached hydrogen (secondary N) is 1. The summed E-state index contributed by atoms with van der Waals surface area (Å²) in [4.78, 5) is 0. The molecule has 0 radical (unpaired) electrons. The molecule has 3 nitrogen and oxygen atoms in total. The van der Waals surface area contributed by atoms with Gasteiger partial charge in [-0.2, -0.15) is 11.8 Å². The first-order valence-corrected chi connectivity index (χ1v) is 7.90. The molecular weight excluding hydrogens is 280 g/mol. The number of nitrogens with two attached hydrogens (primary N) is 1. The van der Waals surface area contributed by atoms with Gasteiger partial charge in [-0.1, -0.05) is 29.8 Å². The molecule has 0 aliphatic carbocycles. The van der Waals surface area contributed by atoms with Gasteiger partial charge in [-0.3, -0.25) is 5.41 Å². The van der Waals surface area contributed by atoms with E-state index in [0.29, 0.717) is 0 Å². The average molecular weight is 300 g/mol. The van der Waals surface area contributed by atoms with Gasteiger partial charge in [-0.15, -0.1) is 0 Å². The Morgan fingerprint density at radius 2 is 2.00 bits per heavy atom. The first kappa shape index (κ1) is 15.4. The Balaban J connectivity index is 2.05. The Bertz CT molecular complexity index is 640. The zero-order chi connectivity index (χ0) is 15.2. The molecule has 0 atom stereocenters. The summed E-state index contributed by atoms with van der Waals surface area (Å²) < 4.78 is 5.38. The summed E-state index contributed by atoms with van der Waals surface area (Å²) >= 11 is 1.83.